The molecule has 1 atom stereocenters. The second-order valence-corrected chi connectivity index (χ2v) is 6.79. The zero-order valence-corrected chi connectivity index (χ0v) is 13.0. The summed E-state index contributed by atoms with van der Waals surface area (Å²) in [7, 11) is 4.53. The summed E-state index contributed by atoms with van der Waals surface area (Å²) in [6.07, 6.45) is 6.70. The molecule has 2 nitrogen and oxygen atoms in total. The molecule has 0 spiro atoms. The summed E-state index contributed by atoms with van der Waals surface area (Å²) < 4.78 is 0. The van der Waals surface area contributed by atoms with E-state index in [4.69, 9.17) is 0 Å². The van der Waals surface area contributed by atoms with Gasteiger partial charge in [0.15, 0.2) is 0 Å². The highest BCUT2D eigenvalue weighted by molar-refractivity contribution is 5.31. The molecule has 2 aliphatic heterocycles. The van der Waals surface area contributed by atoms with Gasteiger partial charge in [0, 0.05) is 6.04 Å². The van der Waals surface area contributed by atoms with Crippen molar-refractivity contribution in [2.75, 3.05) is 33.7 Å². The van der Waals surface area contributed by atoms with Crippen molar-refractivity contribution in [3.05, 3.63) is 35.4 Å². The number of hydrogen-bond acceptors (Lipinski definition) is 2. The fraction of sp³-hybridized carbons (Fsp3) is 0.667. The molecule has 2 saturated heterocycles. The summed E-state index contributed by atoms with van der Waals surface area (Å²) >= 11 is 0. The van der Waals surface area contributed by atoms with Crippen LogP contribution in [0.15, 0.2) is 24.3 Å². The Balaban J connectivity index is 1.73. The van der Waals surface area contributed by atoms with E-state index in [1.165, 1.54) is 51.7 Å². The zero-order chi connectivity index (χ0) is 13.9. The minimum absolute atomic E-state index is 0.664. The third-order valence-corrected chi connectivity index (χ3v) is 5.28. The van der Waals surface area contributed by atoms with E-state index >= 15 is 0 Å². The molecule has 0 bridgehead atoms. The van der Waals surface area contributed by atoms with Crippen LogP contribution in [0.1, 0.15) is 42.9 Å². The molecular weight excluding hydrogens is 244 g/mol. The van der Waals surface area contributed by atoms with Crippen LogP contribution in [-0.2, 0) is 6.42 Å². The third-order valence-electron chi connectivity index (χ3n) is 5.28. The topological polar surface area (TPSA) is 6.48 Å². The van der Waals surface area contributed by atoms with Crippen LogP contribution < -0.4 is 0 Å². The highest BCUT2D eigenvalue weighted by Crippen LogP contribution is 2.34. The maximum Gasteiger partial charge on any atom is 0.0348 e. The lowest BCUT2D eigenvalue weighted by Gasteiger charge is -2.30. The Hall–Kier alpha value is -0.860. The molecule has 110 valence electrons. The average Bonchev–Trinajstić information content (AvgIpc) is 2.88. The fourth-order valence-electron chi connectivity index (χ4n) is 3.93. The van der Waals surface area contributed by atoms with E-state index in [1.54, 1.807) is 11.1 Å². The molecule has 2 heterocycles. The van der Waals surface area contributed by atoms with E-state index < -0.39 is 0 Å². The van der Waals surface area contributed by atoms with Gasteiger partial charge in [-0.05, 0) is 82.9 Å². The van der Waals surface area contributed by atoms with Crippen molar-refractivity contribution >= 4 is 0 Å². The van der Waals surface area contributed by atoms with E-state index in [9.17, 15) is 0 Å². The standard InChI is InChI=1S/C18H28N2/c1-19-12-9-15(10-13-19)14-16-6-3-4-7-17(16)18-8-5-11-20(18)2/h3-4,6-7,15,18H,5,8-14H2,1-2H3/t18-/m1/s1. The number of nitrogens with zero attached hydrogens (tertiary/aromatic N) is 2. The molecule has 0 unspecified atom stereocenters. The number of likely N-dealkylation sites (tertiary alicyclic amines) is 2. The Morgan fingerprint density at radius 1 is 1.00 bits per heavy atom. The van der Waals surface area contributed by atoms with Crippen LogP contribution >= 0.6 is 0 Å². The minimum atomic E-state index is 0.664. The molecule has 0 amide bonds. The summed E-state index contributed by atoms with van der Waals surface area (Å²) in [5.74, 6) is 0.888. The molecule has 20 heavy (non-hydrogen) atoms. The smallest absolute Gasteiger partial charge is 0.0348 e. The first-order valence-electron chi connectivity index (χ1n) is 8.20. The van der Waals surface area contributed by atoms with Crippen LogP contribution in [0.3, 0.4) is 0 Å². The van der Waals surface area contributed by atoms with Crippen molar-refractivity contribution in [1.29, 1.82) is 0 Å². The molecule has 1 aromatic rings. The molecule has 0 saturated carbocycles. The third kappa shape index (κ3) is 3.07. The van der Waals surface area contributed by atoms with Crippen LogP contribution in [0.2, 0.25) is 0 Å². The second kappa shape index (κ2) is 6.28. The summed E-state index contributed by atoms with van der Waals surface area (Å²) in [6.45, 7) is 3.81. The van der Waals surface area contributed by atoms with Crippen molar-refractivity contribution < 1.29 is 0 Å². The first-order chi connectivity index (χ1) is 9.74. The van der Waals surface area contributed by atoms with E-state index in [-0.39, 0.29) is 0 Å². The van der Waals surface area contributed by atoms with Crippen LogP contribution in [0.5, 0.6) is 0 Å². The maximum absolute atomic E-state index is 2.54. The molecule has 0 aliphatic carbocycles. The van der Waals surface area contributed by atoms with E-state index in [2.05, 4.69) is 48.2 Å². The fourth-order valence-corrected chi connectivity index (χ4v) is 3.93. The summed E-state index contributed by atoms with van der Waals surface area (Å²) in [5.41, 5.74) is 3.22. The van der Waals surface area contributed by atoms with Crippen molar-refractivity contribution in [2.24, 2.45) is 5.92 Å². The monoisotopic (exact) mass is 272 g/mol. The van der Waals surface area contributed by atoms with Gasteiger partial charge in [-0.3, -0.25) is 4.90 Å². The molecule has 0 N–H and O–H groups in total. The first-order valence-corrected chi connectivity index (χ1v) is 8.20. The minimum Gasteiger partial charge on any atom is -0.306 e. The number of benzene rings is 1. The molecule has 2 heteroatoms. The average molecular weight is 272 g/mol. The number of rotatable bonds is 3. The van der Waals surface area contributed by atoms with Gasteiger partial charge in [-0.15, -0.1) is 0 Å². The van der Waals surface area contributed by atoms with Crippen molar-refractivity contribution in [1.82, 2.24) is 9.80 Å². The largest absolute Gasteiger partial charge is 0.306 e. The summed E-state index contributed by atoms with van der Waals surface area (Å²) in [5, 5.41) is 0. The number of piperidine rings is 1. The van der Waals surface area contributed by atoms with Crippen LogP contribution in [0.25, 0.3) is 0 Å². The Labute approximate surface area is 123 Å². The van der Waals surface area contributed by atoms with E-state index in [0.29, 0.717) is 6.04 Å². The van der Waals surface area contributed by atoms with Gasteiger partial charge in [-0.1, -0.05) is 24.3 Å². The normalized spacial score (nSPS) is 26.2. The molecule has 3 rings (SSSR count). The Kier molecular flexibility index (Phi) is 4.42. The van der Waals surface area contributed by atoms with Gasteiger partial charge in [0.25, 0.3) is 0 Å². The summed E-state index contributed by atoms with van der Waals surface area (Å²) in [6, 6.07) is 9.86. The van der Waals surface area contributed by atoms with Crippen molar-refractivity contribution in [2.45, 2.75) is 38.1 Å². The van der Waals surface area contributed by atoms with Gasteiger partial charge in [0.2, 0.25) is 0 Å². The van der Waals surface area contributed by atoms with Gasteiger partial charge in [-0.2, -0.15) is 0 Å². The lowest BCUT2D eigenvalue weighted by molar-refractivity contribution is 0.218. The Bertz CT molecular complexity index is 435. The predicted molar refractivity (Wildman–Crippen MR) is 85.0 cm³/mol. The van der Waals surface area contributed by atoms with Crippen molar-refractivity contribution in [3.8, 4) is 0 Å². The van der Waals surface area contributed by atoms with E-state index in [0.717, 1.165) is 5.92 Å². The van der Waals surface area contributed by atoms with Gasteiger partial charge in [0.05, 0.1) is 0 Å². The lowest BCUT2D eigenvalue weighted by Crippen LogP contribution is -2.31. The first kappa shape index (κ1) is 14.1. The zero-order valence-electron chi connectivity index (χ0n) is 13.0. The molecule has 2 fully saturated rings. The van der Waals surface area contributed by atoms with E-state index in [1.807, 2.05) is 0 Å². The SMILES string of the molecule is CN1CCC(Cc2ccccc2[C@H]2CCCN2C)CC1. The molecule has 1 aromatic carbocycles. The van der Waals surface area contributed by atoms with Crippen LogP contribution in [-0.4, -0.2) is 43.5 Å². The highest BCUT2D eigenvalue weighted by Gasteiger charge is 2.25. The molecular formula is C18H28N2. The van der Waals surface area contributed by atoms with Gasteiger partial charge in [0.1, 0.15) is 0 Å². The highest BCUT2D eigenvalue weighted by atomic mass is 15.1. The maximum atomic E-state index is 2.54. The predicted octanol–water partition coefficient (Wildman–Crippen LogP) is 3.34. The van der Waals surface area contributed by atoms with Gasteiger partial charge >= 0.3 is 0 Å². The molecule has 0 aromatic heterocycles. The quantitative estimate of drug-likeness (QED) is 0.832. The Morgan fingerprint density at radius 3 is 2.45 bits per heavy atom. The molecule has 2 aliphatic rings. The second-order valence-electron chi connectivity index (χ2n) is 6.79. The number of hydrogen-bond donors (Lipinski definition) is 0. The van der Waals surface area contributed by atoms with Gasteiger partial charge < -0.3 is 4.90 Å². The van der Waals surface area contributed by atoms with Gasteiger partial charge in [-0.25, -0.2) is 0 Å². The lowest BCUT2D eigenvalue weighted by atomic mass is 9.86. The van der Waals surface area contributed by atoms with Crippen LogP contribution in [0.4, 0.5) is 0 Å². The van der Waals surface area contributed by atoms with Crippen LogP contribution in [0, 0.1) is 5.92 Å². The Morgan fingerprint density at radius 2 is 1.75 bits per heavy atom. The summed E-state index contributed by atoms with van der Waals surface area (Å²) in [4.78, 5) is 5.00. The molecule has 0 radical (unpaired) electrons. The van der Waals surface area contributed by atoms with Crippen molar-refractivity contribution in [3.63, 3.8) is 0 Å².